The molecule has 0 aliphatic rings. The van der Waals surface area contributed by atoms with Gasteiger partial charge in [0.2, 0.25) is 11.8 Å². The number of hydrogen-bond donors (Lipinski definition) is 0. The molecule has 0 bridgehead atoms. The molecule has 16 heteroatoms. The fraction of sp³-hybridized carbons (Fsp3) is 0.800. The first-order chi connectivity index (χ1) is 11.7. The SMILES string of the molecule is [N-]=[N+]=NC(=O)CCC(F)(F)C(F)(F)C(F)(F)C(F)(F)CCC(=O)N=[N+]=[N-]. The number of hydrogen-bond acceptors (Lipinski definition) is 2. The van der Waals surface area contributed by atoms with Crippen LogP contribution in [-0.4, -0.2) is 35.5 Å². The third-order valence-corrected chi connectivity index (χ3v) is 2.93. The van der Waals surface area contributed by atoms with E-state index < -0.39 is 61.2 Å². The molecule has 26 heavy (non-hydrogen) atoms. The largest absolute Gasteiger partial charge is 0.378 e. The minimum Gasteiger partial charge on any atom is -0.293 e. The van der Waals surface area contributed by atoms with Gasteiger partial charge in [0.15, 0.2) is 0 Å². The molecule has 0 aromatic heterocycles. The molecule has 8 nitrogen and oxygen atoms in total. The molecule has 0 saturated heterocycles. The first-order valence-electron chi connectivity index (χ1n) is 6.33. The van der Waals surface area contributed by atoms with Crippen molar-refractivity contribution in [1.29, 1.82) is 0 Å². The lowest BCUT2D eigenvalue weighted by atomic mass is 9.93. The Morgan fingerprint density at radius 3 is 1.19 bits per heavy atom. The number of nitrogens with zero attached hydrogens (tertiary/aromatic N) is 6. The summed E-state index contributed by atoms with van der Waals surface area (Å²) in [6.45, 7) is 0. The summed E-state index contributed by atoms with van der Waals surface area (Å²) in [5.41, 5.74) is 15.7. The molecular weight excluding hydrogens is 388 g/mol. The smallest absolute Gasteiger partial charge is 0.293 e. The molecule has 146 valence electrons. The van der Waals surface area contributed by atoms with Crippen molar-refractivity contribution in [2.75, 3.05) is 0 Å². The van der Waals surface area contributed by atoms with E-state index in [1.54, 1.807) is 0 Å². The number of carbonyl (C=O) groups excluding carboxylic acids is 2. The molecule has 0 aromatic carbocycles. The highest BCUT2D eigenvalue weighted by molar-refractivity contribution is 5.77. The van der Waals surface area contributed by atoms with Crippen LogP contribution in [0.1, 0.15) is 25.7 Å². The van der Waals surface area contributed by atoms with Crippen LogP contribution in [0.2, 0.25) is 0 Å². The summed E-state index contributed by atoms with van der Waals surface area (Å²) in [5.74, 6) is -28.2. The Bertz CT molecular complexity index is 598. The van der Waals surface area contributed by atoms with E-state index in [2.05, 4.69) is 10.2 Å². The predicted molar refractivity (Wildman–Crippen MR) is 66.6 cm³/mol. The van der Waals surface area contributed by atoms with E-state index in [0.717, 1.165) is 0 Å². The lowest BCUT2D eigenvalue weighted by molar-refractivity contribution is -0.367. The van der Waals surface area contributed by atoms with Gasteiger partial charge in [-0.3, -0.25) is 9.59 Å². The van der Waals surface area contributed by atoms with E-state index in [1.165, 1.54) is 0 Å². The summed E-state index contributed by atoms with van der Waals surface area (Å²) in [4.78, 5) is 25.1. The number of azide groups is 2. The third kappa shape index (κ3) is 4.95. The second-order valence-corrected chi connectivity index (χ2v) is 4.72. The van der Waals surface area contributed by atoms with Crippen molar-refractivity contribution in [1.82, 2.24) is 0 Å². The maximum absolute atomic E-state index is 13.4. The number of amides is 2. The van der Waals surface area contributed by atoms with Crippen molar-refractivity contribution in [3.05, 3.63) is 20.9 Å². The van der Waals surface area contributed by atoms with Gasteiger partial charge in [0.05, 0.1) is 0 Å². The number of carbonyl (C=O) groups is 2. The number of halogens is 8. The summed E-state index contributed by atoms with van der Waals surface area (Å²) in [7, 11) is 0. The van der Waals surface area contributed by atoms with Gasteiger partial charge in [0.25, 0.3) is 0 Å². The lowest BCUT2D eigenvalue weighted by Gasteiger charge is -2.36. The van der Waals surface area contributed by atoms with Crippen molar-refractivity contribution in [3.8, 4) is 0 Å². The van der Waals surface area contributed by atoms with E-state index in [-0.39, 0.29) is 0 Å². The molecule has 0 atom stereocenters. The predicted octanol–water partition coefficient (Wildman–Crippen LogP) is 4.76. The highest BCUT2D eigenvalue weighted by Gasteiger charge is 2.79. The van der Waals surface area contributed by atoms with Gasteiger partial charge in [-0.1, -0.05) is 0 Å². The summed E-state index contributed by atoms with van der Waals surface area (Å²) in [6.07, 6.45) is -7.82. The Labute approximate surface area is 138 Å². The molecule has 0 rings (SSSR count). The van der Waals surface area contributed by atoms with Crippen molar-refractivity contribution in [2.24, 2.45) is 10.2 Å². The van der Waals surface area contributed by atoms with Crippen LogP contribution in [0, 0.1) is 0 Å². The normalized spacial score (nSPS) is 12.8. The van der Waals surface area contributed by atoms with Gasteiger partial charge >= 0.3 is 23.7 Å². The van der Waals surface area contributed by atoms with Crippen LogP contribution in [-0.2, 0) is 9.59 Å². The molecule has 0 aromatic rings. The zero-order valence-corrected chi connectivity index (χ0v) is 12.4. The minimum absolute atomic E-state index is 1.61. The Kier molecular flexibility index (Phi) is 7.37. The van der Waals surface area contributed by atoms with Crippen LogP contribution in [0.15, 0.2) is 10.2 Å². The molecule has 0 N–H and O–H groups in total. The van der Waals surface area contributed by atoms with E-state index >= 15 is 0 Å². The Morgan fingerprint density at radius 1 is 0.692 bits per heavy atom. The highest BCUT2D eigenvalue weighted by Crippen LogP contribution is 2.55. The molecule has 0 spiro atoms. The quantitative estimate of drug-likeness (QED) is 0.241. The average molecular weight is 396 g/mol. The van der Waals surface area contributed by atoms with Crippen LogP contribution >= 0.6 is 0 Å². The van der Waals surface area contributed by atoms with Crippen LogP contribution in [0.25, 0.3) is 20.9 Å². The molecular formula is C10H8F8N6O2. The summed E-state index contributed by atoms with van der Waals surface area (Å²) >= 11 is 0. The number of alkyl halides is 8. The van der Waals surface area contributed by atoms with E-state index in [9.17, 15) is 44.7 Å². The van der Waals surface area contributed by atoms with Gasteiger partial charge in [0.1, 0.15) is 0 Å². The molecule has 0 aliphatic carbocycles. The van der Waals surface area contributed by atoms with E-state index in [0.29, 0.717) is 0 Å². The van der Waals surface area contributed by atoms with Gasteiger partial charge in [-0.25, -0.2) is 0 Å². The Balaban J connectivity index is 5.47. The zero-order chi connectivity index (χ0) is 20.8. The summed E-state index contributed by atoms with van der Waals surface area (Å²) in [6, 6.07) is 0. The van der Waals surface area contributed by atoms with Crippen molar-refractivity contribution >= 4 is 11.8 Å². The van der Waals surface area contributed by atoms with Crippen LogP contribution < -0.4 is 0 Å². The second kappa shape index (κ2) is 8.19. The monoisotopic (exact) mass is 396 g/mol. The van der Waals surface area contributed by atoms with Gasteiger partial charge in [-0.2, -0.15) is 35.1 Å². The molecule has 0 radical (unpaired) electrons. The van der Waals surface area contributed by atoms with Crippen molar-refractivity contribution in [3.63, 3.8) is 0 Å². The molecule has 0 fully saturated rings. The fourth-order valence-corrected chi connectivity index (χ4v) is 1.50. The number of rotatable bonds is 9. The van der Waals surface area contributed by atoms with Crippen LogP contribution in [0.4, 0.5) is 35.1 Å². The van der Waals surface area contributed by atoms with E-state index in [1.807, 2.05) is 9.82 Å². The van der Waals surface area contributed by atoms with Gasteiger partial charge in [-0.05, 0) is 21.3 Å². The summed E-state index contributed by atoms with van der Waals surface area (Å²) in [5, 5.41) is 4.48. The maximum atomic E-state index is 13.4. The second-order valence-electron chi connectivity index (χ2n) is 4.72. The van der Waals surface area contributed by atoms with Crippen molar-refractivity contribution in [2.45, 2.75) is 49.4 Å². The third-order valence-electron chi connectivity index (χ3n) is 2.93. The van der Waals surface area contributed by atoms with Crippen LogP contribution in [0.5, 0.6) is 0 Å². The maximum Gasteiger partial charge on any atom is 0.378 e. The molecule has 2 amide bonds. The van der Waals surface area contributed by atoms with Gasteiger partial charge in [0, 0.05) is 35.5 Å². The fourth-order valence-electron chi connectivity index (χ4n) is 1.50. The Morgan fingerprint density at radius 2 is 0.962 bits per heavy atom. The molecule has 0 aliphatic heterocycles. The van der Waals surface area contributed by atoms with Gasteiger partial charge < -0.3 is 0 Å². The van der Waals surface area contributed by atoms with E-state index in [4.69, 9.17) is 11.1 Å². The minimum atomic E-state index is -6.62. The molecule has 0 heterocycles. The summed E-state index contributed by atoms with van der Waals surface area (Å²) < 4.78 is 107. The molecule has 0 saturated carbocycles. The van der Waals surface area contributed by atoms with Gasteiger partial charge in [-0.15, -0.1) is 0 Å². The topological polar surface area (TPSA) is 132 Å². The first-order valence-corrected chi connectivity index (χ1v) is 6.33. The zero-order valence-electron chi connectivity index (χ0n) is 12.4. The first kappa shape index (κ1) is 23.4. The lowest BCUT2D eigenvalue weighted by Crippen LogP contribution is -2.62. The highest BCUT2D eigenvalue weighted by atomic mass is 19.4. The average Bonchev–Trinajstić information content (AvgIpc) is 2.51. The van der Waals surface area contributed by atoms with Crippen molar-refractivity contribution < 1.29 is 44.7 Å². The standard InChI is InChI=1S/C10H8F8N6O2/c11-7(12,3-1-5(25)21-23-19)9(15,16)10(17,18)8(13,14)4-2-6(26)22-24-20/h1-4H2. The van der Waals surface area contributed by atoms with Crippen LogP contribution in [0.3, 0.4) is 0 Å². The molecule has 0 unspecified atom stereocenters. The Hall–Kier alpha value is -2.60.